The normalized spacial score (nSPS) is 10.9. The number of primary amides is 1. The lowest BCUT2D eigenvalue weighted by Gasteiger charge is -2.05. The summed E-state index contributed by atoms with van der Waals surface area (Å²) in [5.41, 5.74) is 14.1. The third-order valence-electron chi connectivity index (χ3n) is 3.62. The van der Waals surface area contributed by atoms with E-state index in [1.54, 1.807) is 13.0 Å². The van der Waals surface area contributed by atoms with Gasteiger partial charge in [0.1, 0.15) is 0 Å². The van der Waals surface area contributed by atoms with Crippen LogP contribution in [0.4, 0.5) is 5.69 Å². The lowest BCUT2D eigenvalue weighted by molar-refractivity contribution is 0.0529. The lowest BCUT2D eigenvalue weighted by atomic mass is 10.0. The van der Waals surface area contributed by atoms with E-state index in [0.717, 1.165) is 5.56 Å². The molecule has 0 aromatic rings. The van der Waals surface area contributed by atoms with Crippen LogP contribution >= 0.6 is 0 Å². The molecular formula is C17H20N2O3. The standard InChI is InChI=1S/C17H20N2O3/c1-4-22-17(21)14-12-8-10(9(2)3)6-5-7-11(12)13(15(14)18)16(19)20/h5-9H,4,18H2,1-3H3,(H2,19,20). The highest BCUT2D eigenvalue weighted by atomic mass is 16.5. The topological polar surface area (TPSA) is 95.4 Å². The van der Waals surface area contributed by atoms with E-state index in [0.29, 0.717) is 11.1 Å². The Morgan fingerprint density at radius 2 is 1.86 bits per heavy atom. The highest BCUT2D eigenvalue weighted by Gasteiger charge is 2.29. The van der Waals surface area contributed by atoms with E-state index in [1.807, 2.05) is 32.0 Å². The molecule has 0 heterocycles. The van der Waals surface area contributed by atoms with Crippen LogP contribution in [0.5, 0.6) is 0 Å². The quantitative estimate of drug-likeness (QED) is 0.849. The van der Waals surface area contributed by atoms with Gasteiger partial charge in [-0.15, -0.1) is 0 Å². The van der Waals surface area contributed by atoms with Crippen LogP contribution in [0.25, 0.3) is 11.1 Å². The van der Waals surface area contributed by atoms with Gasteiger partial charge in [-0.05, 0) is 35.6 Å². The third kappa shape index (κ3) is 2.62. The molecule has 2 aliphatic rings. The number of carbonyl (C=O) groups excluding carboxylic acids is 2. The van der Waals surface area contributed by atoms with Gasteiger partial charge in [0.15, 0.2) is 0 Å². The fourth-order valence-electron chi connectivity index (χ4n) is 2.53. The van der Waals surface area contributed by atoms with Gasteiger partial charge in [0, 0.05) is 0 Å². The Kier molecular flexibility index (Phi) is 4.35. The summed E-state index contributed by atoms with van der Waals surface area (Å²) in [5, 5.41) is 0. The first kappa shape index (κ1) is 15.8. The second-order valence-corrected chi connectivity index (χ2v) is 5.40. The second-order valence-electron chi connectivity index (χ2n) is 5.40. The smallest absolute Gasteiger partial charge is 0.340 e. The number of amides is 1. The van der Waals surface area contributed by atoms with E-state index >= 15 is 0 Å². The summed E-state index contributed by atoms with van der Waals surface area (Å²) >= 11 is 0. The summed E-state index contributed by atoms with van der Waals surface area (Å²) in [6.07, 6.45) is 0. The van der Waals surface area contributed by atoms with E-state index in [2.05, 4.69) is 0 Å². The highest BCUT2D eigenvalue weighted by molar-refractivity contribution is 6.16. The molecule has 5 nitrogen and oxygen atoms in total. The zero-order valence-electron chi connectivity index (χ0n) is 13.0. The summed E-state index contributed by atoms with van der Waals surface area (Å²) in [5.74, 6) is -0.937. The Labute approximate surface area is 129 Å². The highest BCUT2D eigenvalue weighted by Crippen LogP contribution is 2.39. The van der Waals surface area contributed by atoms with Crippen molar-refractivity contribution in [1.82, 2.24) is 0 Å². The predicted octanol–water partition coefficient (Wildman–Crippen LogP) is 2.77. The monoisotopic (exact) mass is 300 g/mol. The van der Waals surface area contributed by atoms with Crippen LogP contribution in [0, 0.1) is 0 Å². The molecule has 2 rings (SSSR count). The van der Waals surface area contributed by atoms with Gasteiger partial charge in [-0.1, -0.05) is 32.0 Å². The molecule has 2 aliphatic carbocycles. The molecule has 116 valence electrons. The average Bonchev–Trinajstić information content (AvgIpc) is 2.57. The molecule has 0 unspecified atom stereocenters. The maximum Gasteiger partial charge on any atom is 0.340 e. The van der Waals surface area contributed by atoms with Crippen molar-refractivity contribution in [3.63, 3.8) is 0 Å². The van der Waals surface area contributed by atoms with E-state index in [9.17, 15) is 9.59 Å². The molecule has 4 N–H and O–H groups in total. The van der Waals surface area contributed by atoms with Gasteiger partial charge in [0.25, 0.3) is 5.91 Å². The maximum atomic E-state index is 12.2. The molecule has 0 bridgehead atoms. The summed E-state index contributed by atoms with van der Waals surface area (Å²) in [4.78, 5) is 24.0. The van der Waals surface area contributed by atoms with Crippen molar-refractivity contribution in [2.24, 2.45) is 5.73 Å². The van der Waals surface area contributed by atoms with Gasteiger partial charge >= 0.3 is 5.97 Å². The van der Waals surface area contributed by atoms with Gasteiger partial charge in [0.2, 0.25) is 0 Å². The third-order valence-corrected chi connectivity index (χ3v) is 3.62. The molecule has 0 radical (unpaired) electrons. The minimum atomic E-state index is -0.657. The molecule has 0 atom stereocenters. The van der Waals surface area contributed by atoms with Crippen LogP contribution in [0.3, 0.4) is 0 Å². The first-order valence-electron chi connectivity index (χ1n) is 7.20. The van der Waals surface area contributed by atoms with Gasteiger partial charge in [0.05, 0.1) is 23.4 Å². The van der Waals surface area contributed by atoms with E-state index in [1.165, 1.54) is 0 Å². The number of hydrogen-bond donors (Lipinski definition) is 2. The van der Waals surface area contributed by atoms with Crippen molar-refractivity contribution in [3.05, 3.63) is 41.0 Å². The Morgan fingerprint density at radius 3 is 2.41 bits per heavy atom. The van der Waals surface area contributed by atoms with Gasteiger partial charge in [-0.25, -0.2) is 4.79 Å². The molecule has 0 aromatic heterocycles. The molecule has 0 spiro atoms. The summed E-state index contributed by atoms with van der Waals surface area (Å²) in [7, 11) is 0. The van der Waals surface area contributed by atoms with Crippen LogP contribution in [-0.2, 0) is 4.74 Å². The Hall–Kier alpha value is -2.56. The molecule has 0 fully saturated rings. The number of anilines is 1. The molecule has 22 heavy (non-hydrogen) atoms. The van der Waals surface area contributed by atoms with Crippen molar-refractivity contribution >= 4 is 17.6 Å². The predicted molar refractivity (Wildman–Crippen MR) is 86.0 cm³/mol. The van der Waals surface area contributed by atoms with Crippen LogP contribution < -0.4 is 11.5 Å². The molecule has 0 saturated heterocycles. The number of fused-ring (bicyclic) bond motifs is 1. The largest absolute Gasteiger partial charge is 0.462 e. The molecule has 5 heteroatoms. The van der Waals surface area contributed by atoms with Gasteiger partial charge in [-0.2, -0.15) is 0 Å². The molecule has 1 amide bonds. The summed E-state index contributed by atoms with van der Waals surface area (Å²) in [6, 6.07) is 7.40. The van der Waals surface area contributed by atoms with Crippen molar-refractivity contribution in [3.8, 4) is 11.1 Å². The zero-order chi connectivity index (χ0) is 16.4. The molecule has 0 aromatic carbocycles. The fraction of sp³-hybridized carbons (Fsp3) is 0.294. The van der Waals surface area contributed by atoms with E-state index < -0.39 is 11.9 Å². The van der Waals surface area contributed by atoms with Crippen LogP contribution in [-0.4, -0.2) is 18.5 Å². The minimum absolute atomic E-state index is 0.0851. The minimum Gasteiger partial charge on any atom is -0.462 e. The number of nitrogen functional groups attached to an aromatic ring is 1. The number of rotatable bonds is 4. The molecular weight excluding hydrogens is 280 g/mol. The number of esters is 1. The Morgan fingerprint density at radius 1 is 1.18 bits per heavy atom. The molecule has 0 aliphatic heterocycles. The van der Waals surface area contributed by atoms with E-state index in [-0.39, 0.29) is 29.3 Å². The number of hydrogen-bond acceptors (Lipinski definition) is 4. The van der Waals surface area contributed by atoms with Crippen molar-refractivity contribution in [1.29, 1.82) is 0 Å². The number of carbonyl (C=O) groups is 2. The Bertz CT molecular complexity index is 708. The summed E-state index contributed by atoms with van der Waals surface area (Å²) < 4.78 is 5.07. The SMILES string of the molecule is CCOC(=O)c1c2cc(C(C)C)cccc-2c(C(N)=O)c1N. The van der Waals surface area contributed by atoms with Crippen molar-refractivity contribution < 1.29 is 14.3 Å². The lowest BCUT2D eigenvalue weighted by Crippen LogP contribution is -2.13. The zero-order valence-corrected chi connectivity index (χ0v) is 13.0. The van der Waals surface area contributed by atoms with Crippen LogP contribution in [0.15, 0.2) is 24.3 Å². The van der Waals surface area contributed by atoms with Crippen molar-refractivity contribution in [2.75, 3.05) is 12.3 Å². The first-order valence-corrected chi connectivity index (χ1v) is 7.20. The van der Waals surface area contributed by atoms with Gasteiger partial charge < -0.3 is 16.2 Å². The average molecular weight is 300 g/mol. The maximum absolute atomic E-state index is 12.2. The Balaban J connectivity index is 2.81. The second kappa shape index (κ2) is 6.05. The first-order chi connectivity index (χ1) is 10.4. The van der Waals surface area contributed by atoms with Crippen LogP contribution in [0.2, 0.25) is 0 Å². The number of nitrogens with two attached hydrogens (primary N) is 2. The number of ether oxygens (including phenoxy) is 1. The van der Waals surface area contributed by atoms with Gasteiger partial charge in [-0.3, -0.25) is 4.79 Å². The molecule has 0 saturated carbocycles. The van der Waals surface area contributed by atoms with Crippen LogP contribution in [0.1, 0.15) is 53.0 Å². The van der Waals surface area contributed by atoms with Crippen molar-refractivity contribution in [2.45, 2.75) is 26.7 Å². The fourth-order valence-corrected chi connectivity index (χ4v) is 2.53. The summed E-state index contributed by atoms with van der Waals surface area (Å²) in [6.45, 7) is 6.04. The van der Waals surface area contributed by atoms with E-state index in [4.69, 9.17) is 16.2 Å².